The second-order valence-electron chi connectivity index (χ2n) is 4.71. The minimum atomic E-state index is -0.705. The standard InChI is InChI=1S/C13H19Cl2NO/c1-8(2)6-9(7-16)13(17)12-10(14)4-3-5-11(12)15/h3-5,8-9,13,17H,6-7,16H2,1-2H3. The summed E-state index contributed by atoms with van der Waals surface area (Å²) in [6, 6.07) is 5.23. The first kappa shape index (κ1) is 14.8. The molecule has 0 bridgehead atoms. The molecule has 0 spiro atoms. The molecule has 1 rings (SSSR count). The van der Waals surface area contributed by atoms with Crippen LogP contribution in [-0.2, 0) is 0 Å². The van der Waals surface area contributed by atoms with Crippen molar-refractivity contribution < 1.29 is 5.11 Å². The van der Waals surface area contributed by atoms with Crippen molar-refractivity contribution in [3.05, 3.63) is 33.8 Å². The molecule has 1 aromatic rings. The number of rotatable bonds is 5. The zero-order valence-electron chi connectivity index (χ0n) is 10.2. The first-order valence-corrected chi connectivity index (χ1v) is 6.55. The number of halogens is 2. The molecule has 0 radical (unpaired) electrons. The van der Waals surface area contributed by atoms with Gasteiger partial charge in [0.15, 0.2) is 0 Å². The Bertz CT molecular complexity index is 348. The molecule has 0 aromatic heterocycles. The number of benzene rings is 1. The third kappa shape index (κ3) is 3.85. The topological polar surface area (TPSA) is 46.2 Å². The maximum atomic E-state index is 10.3. The fourth-order valence-corrected chi connectivity index (χ4v) is 2.61. The highest BCUT2D eigenvalue weighted by molar-refractivity contribution is 6.36. The molecule has 0 amide bonds. The molecular weight excluding hydrogens is 257 g/mol. The van der Waals surface area contributed by atoms with Gasteiger partial charge >= 0.3 is 0 Å². The van der Waals surface area contributed by atoms with Gasteiger partial charge in [-0.25, -0.2) is 0 Å². The van der Waals surface area contributed by atoms with Crippen LogP contribution in [0, 0.1) is 11.8 Å². The van der Waals surface area contributed by atoms with Crippen LogP contribution in [0.25, 0.3) is 0 Å². The summed E-state index contributed by atoms with van der Waals surface area (Å²) in [5.41, 5.74) is 6.30. The molecule has 0 aliphatic rings. The summed E-state index contributed by atoms with van der Waals surface area (Å²) in [6.07, 6.45) is 0.141. The summed E-state index contributed by atoms with van der Waals surface area (Å²) in [4.78, 5) is 0. The van der Waals surface area contributed by atoms with Crippen molar-refractivity contribution in [3.8, 4) is 0 Å². The molecule has 3 N–H and O–H groups in total. The lowest BCUT2D eigenvalue weighted by Gasteiger charge is -2.24. The van der Waals surface area contributed by atoms with Gasteiger partial charge in [-0.2, -0.15) is 0 Å². The van der Waals surface area contributed by atoms with Crippen LogP contribution < -0.4 is 5.73 Å². The molecule has 2 unspecified atom stereocenters. The summed E-state index contributed by atoms with van der Waals surface area (Å²) in [7, 11) is 0. The number of hydrogen-bond donors (Lipinski definition) is 2. The highest BCUT2D eigenvalue weighted by atomic mass is 35.5. The molecular formula is C13H19Cl2NO. The van der Waals surface area contributed by atoms with E-state index in [0.29, 0.717) is 28.1 Å². The molecule has 0 heterocycles. The van der Waals surface area contributed by atoms with Crippen LogP contribution >= 0.6 is 23.2 Å². The van der Waals surface area contributed by atoms with Gasteiger partial charge in [0, 0.05) is 21.5 Å². The van der Waals surface area contributed by atoms with E-state index in [9.17, 15) is 5.11 Å². The van der Waals surface area contributed by atoms with Gasteiger partial charge in [-0.3, -0.25) is 0 Å². The molecule has 0 saturated carbocycles. The highest BCUT2D eigenvalue weighted by Crippen LogP contribution is 2.35. The van der Waals surface area contributed by atoms with Gasteiger partial charge < -0.3 is 10.8 Å². The van der Waals surface area contributed by atoms with E-state index < -0.39 is 6.10 Å². The van der Waals surface area contributed by atoms with Crippen LogP contribution in [0.4, 0.5) is 0 Å². The van der Waals surface area contributed by atoms with Crippen molar-refractivity contribution in [2.24, 2.45) is 17.6 Å². The molecule has 0 saturated heterocycles. The minimum Gasteiger partial charge on any atom is -0.388 e. The maximum absolute atomic E-state index is 10.3. The second-order valence-corrected chi connectivity index (χ2v) is 5.52. The van der Waals surface area contributed by atoms with Gasteiger partial charge in [-0.1, -0.05) is 43.1 Å². The van der Waals surface area contributed by atoms with Crippen LogP contribution in [0.2, 0.25) is 10.0 Å². The van der Waals surface area contributed by atoms with E-state index in [1.54, 1.807) is 18.2 Å². The molecule has 0 fully saturated rings. The Hall–Kier alpha value is -0.280. The van der Waals surface area contributed by atoms with Gasteiger partial charge in [-0.15, -0.1) is 0 Å². The molecule has 0 aliphatic carbocycles. The Morgan fingerprint density at radius 3 is 2.18 bits per heavy atom. The van der Waals surface area contributed by atoms with Gasteiger partial charge in [0.25, 0.3) is 0 Å². The molecule has 1 aromatic carbocycles. The quantitative estimate of drug-likeness (QED) is 0.862. The summed E-state index contributed by atoms with van der Waals surface area (Å²) in [5.74, 6) is 0.451. The lowest BCUT2D eigenvalue weighted by molar-refractivity contribution is 0.0996. The van der Waals surface area contributed by atoms with E-state index in [2.05, 4.69) is 13.8 Å². The molecule has 96 valence electrons. The molecule has 0 aliphatic heterocycles. The van der Waals surface area contributed by atoms with Crippen molar-refractivity contribution in [2.45, 2.75) is 26.4 Å². The Morgan fingerprint density at radius 1 is 1.24 bits per heavy atom. The Kier molecular flexibility index (Phi) is 5.74. The van der Waals surface area contributed by atoms with Gasteiger partial charge in [0.2, 0.25) is 0 Å². The largest absolute Gasteiger partial charge is 0.388 e. The number of aliphatic hydroxyl groups excluding tert-OH is 1. The molecule has 17 heavy (non-hydrogen) atoms. The predicted molar refractivity (Wildman–Crippen MR) is 73.4 cm³/mol. The van der Waals surface area contributed by atoms with Crippen molar-refractivity contribution >= 4 is 23.2 Å². The van der Waals surface area contributed by atoms with E-state index in [4.69, 9.17) is 28.9 Å². The van der Waals surface area contributed by atoms with Crippen LogP contribution in [0.3, 0.4) is 0 Å². The van der Waals surface area contributed by atoms with Gasteiger partial charge in [0.1, 0.15) is 0 Å². The average molecular weight is 276 g/mol. The average Bonchev–Trinajstić information content (AvgIpc) is 2.25. The Labute approximate surface area is 113 Å². The Balaban J connectivity index is 2.97. The number of hydrogen-bond acceptors (Lipinski definition) is 2. The lowest BCUT2D eigenvalue weighted by Crippen LogP contribution is -2.24. The maximum Gasteiger partial charge on any atom is 0.0859 e. The van der Waals surface area contributed by atoms with Crippen LogP contribution in [-0.4, -0.2) is 11.7 Å². The monoisotopic (exact) mass is 275 g/mol. The van der Waals surface area contributed by atoms with Crippen molar-refractivity contribution in [1.82, 2.24) is 0 Å². The SMILES string of the molecule is CC(C)CC(CN)C(O)c1c(Cl)cccc1Cl. The van der Waals surface area contributed by atoms with E-state index >= 15 is 0 Å². The smallest absolute Gasteiger partial charge is 0.0859 e. The van der Waals surface area contributed by atoms with Crippen LogP contribution in [0.5, 0.6) is 0 Å². The third-order valence-corrected chi connectivity index (χ3v) is 3.48. The summed E-state index contributed by atoms with van der Waals surface area (Å²) in [5, 5.41) is 11.3. The van der Waals surface area contributed by atoms with E-state index in [1.807, 2.05) is 0 Å². The second kappa shape index (κ2) is 6.60. The van der Waals surface area contributed by atoms with Crippen molar-refractivity contribution in [2.75, 3.05) is 6.54 Å². The van der Waals surface area contributed by atoms with Crippen molar-refractivity contribution in [1.29, 1.82) is 0 Å². The van der Waals surface area contributed by atoms with E-state index in [1.165, 1.54) is 0 Å². The first-order chi connectivity index (χ1) is 7.97. The fraction of sp³-hybridized carbons (Fsp3) is 0.538. The molecule has 4 heteroatoms. The number of nitrogens with two attached hydrogens (primary N) is 1. The molecule has 2 atom stereocenters. The van der Waals surface area contributed by atoms with Crippen molar-refractivity contribution in [3.63, 3.8) is 0 Å². The van der Waals surface area contributed by atoms with Crippen LogP contribution in [0.15, 0.2) is 18.2 Å². The third-order valence-electron chi connectivity index (χ3n) is 2.82. The summed E-state index contributed by atoms with van der Waals surface area (Å²) in [6.45, 7) is 4.62. The summed E-state index contributed by atoms with van der Waals surface area (Å²) < 4.78 is 0. The fourth-order valence-electron chi connectivity index (χ4n) is 1.99. The number of aliphatic hydroxyl groups is 1. The lowest BCUT2D eigenvalue weighted by atomic mass is 9.88. The zero-order chi connectivity index (χ0) is 13.0. The van der Waals surface area contributed by atoms with E-state index in [0.717, 1.165) is 6.42 Å². The van der Waals surface area contributed by atoms with Gasteiger partial charge in [0.05, 0.1) is 6.10 Å². The van der Waals surface area contributed by atoms with E-state index in [-0.39, 0.29) is 5.92 Å². The molecule has 2 nitrogen and oxygen atoms in total. The van der Waals surface area contributed by atoms with Gasteiger partial charge in [-0.05, 0) is 31.0 Å². The Morgan fingerprint density at radius 2 is 1.76 bits per heavy atom. The highest BCUT2D eigenvalue weighted by Gasteiger charge is 2.24. The minimum absolute atomic E-state index is 0.0209. The normalized spacial score (nSPS) is 15.0. The zero-order valence-corrected chi connectivity index (χ0v) is 11.7. The summed E-state index contributed by atoms with van der Waals surface area (Å²) >= 11 is 12.2. The predicted octanol–water partition coefficient (Wildman–Crippen LogP) is 3.65. The van der Waals surface area contributed by atoms with Crippen LogP contribution in [0.1, 0.15) is 31.9 Å². The first-order valence-electron chi connectivity index (χ1n) is 5.79.